The van der Waals surface area contributed by atoms with Crippen LogP contribution < -0.4 is 5.32 Å². The van der Waals surface area contributed by atoms with Gasteiger partial charge in [0.2, 0.25) is 0 Å². The SMILES string of the molecule is CCn1cc(CNc2cnn(CCF)c2)c(C)n1. The van der Waals surface area contributed by atoms with Crippen LogP contribution in [0.5, 0.6) is 0 Å². The van der Waals surface area contributed by atoms with Gasteiger partial charge in [0, 0.05) is 31.0 Å². The zero-order valence-electron chi connectivity index (χ0n) is 10.7. The van der Waals surface area contributed by atoms with Crippen LogP contribution in [-0.4, -0.2) is 26.2 Å². The van der Waals surface area contributed by atoms with Crippen molar-refractivity contribution in [3.05, 3.63) is 29.8 Å². The van der Waals surface area contributed by atoms with Gasteiger partial charge in [-0.2, -0.15) is 10.2 Å². The number of aryl methyl sites for hydroxylation is 3. The minimum absolute atomic E-state index is 0.300. The summed E-state index contributed by atoms with van der Waals surface area (Å²) in [6, 6.07) is 0. The average molecular weight is 251 g/mol. The molecule has 6 heteroatoms. The lowest BCUT2D eigenvalue weighted by Crippen LogP contribution is -2.00. The van der Waals surface area contributed by atoms with Gasteiger partial charge in [-0.15, -0.1) is 0 Å². The van der Waals surface area contributed by atoms with E-state index in [1.807, 2.05) is 17.8 Å². The van der Waals surface area contributed by atoms with Crippen LogP contribution in [0.15, 0.2) is 18.6 Å². The molecular weight excluding hydrogens is 233 g/mol. The molecule has 0 aliphatic heterocycles. The van der Waals surface area contributed by atoms with Crippen molar-refractivity contribution in [1.29, 1.82) is 0 Å². The number of nitrogens with zero attached hydrogens (tertiary/aromatic N) is 4. The summed E-state index contributed by atoms with van der Waals surface area (Å²) in [5, 5.41) is 11.7. The molecule has 0 saturated carbocycles. The maximum atomic E-state index is 12.1. The summed E-state index contributed by atoms with van der Waals surface area (Å²) in [6.45, 7) is 5.53. The lowest BCUT2D eigenvalue weighted by Gasteiger charge is -2.01. The van der Waals surface area contributed by atoms with E-state index in [-0.39, 0.29) is 0 Å². The predicted molar refractivity (Wildman–Crippen MR) is 68.2 cm³/mol. The highest BCUT2D eigenvalue weighted by Gasteiger charge is 2.04. The second kappa shape index (κ2) is 5.66. The molecular formula is C12H18FN5. The van der Waals surface area contributed by atoms with E-state index in [9.17, 15) is 4.39 Å². The van der Waals surface area contributed by atoms with Crippen molar-refractivity contribution in [3.63, 3.8) is 0 Å². The number of anilines is 1. The molecule has 98 valence electrons. The average Bonchev–Trinajstić information content (AvgIpc) is 2.94. The largest absolute Gasteiger partial charge is 0.378 e. The smallest absolute Gasteiger partial charge is 0.109 e. The Morgan fingerprint density at radius 3 is 2.83 bits per heavy atom. The molecule has 0 atom stereocenters. The molecule has 0 saturated heterocycles. The summed E-state index contributed by atoms with van der Waals surface area (Å²) in [6.07, 6.45) is 5.54. The van der Waals surface area contributed by atoms with E-state index < -0.39 is 6.67 Å². The monoisotopic (exact) mass is 251 g/mol. The molecule has 0 aromatic carbocycles. The Morgan fingerprint density at radius 2 is 2.17 bits per heavy atom. The van der Waals surface area contributed by atoms with Gasteiger partial charge in [0.1, 0.15) is 6.67 Å². The first-order chi connectivity index (χ1) is 8.72. The molecule has 0 radical (unpaired) electrons. The first-order valence-electron chi connectivity index (χ1n) is 6.08. The molecule has 1 N–H and O–H groups in total. The van der Waals surface area contributed by atoms with Crippen LogP contribution in [0.3, 0.4) is 0 Å². The first kappa shape index (κ1) is 12.6. The number of halogens is 1. The number of aromatic nitrogens is 4. The van der Waals surface area contributed by atoms with Crippen LogP contribution in [0.2, 0.25) is 0 Å². The van der Waals surface area contributed by atoms with E-state index in [1.165, 1.54) is 0 Å². The number of alkyl halides is 1. The van der Waals surface area contributed by atoms with Crippen molar-refractivity contribution in [2.45, 2.75) is 33.5 Å². The molecule has 0 fully saturated rings. The summed E-state index contributed by atoms with van der Waals surface area (Å²) in [5.41, 5.74) is 3.09. The molecule has 0 aliphatic rings. The Hall–Kier alpha value is -1.85. The van der Waals surface area contributed by atoms with E-state index in [0.29, 0.717) is 13.1 Å². The highest BCUT2D eigenvalue weighted by molar-refractivity contribution is 5.39. The van der Waals surface area contributed by atoms with Gasteiger partial charge in [-0.05, 0) is 13.8 Å². The molecule has 5 nitrogen and oxygen atoms in total. The predicted octanol–water partition coefficient (Wildman–Crippen LogP) is 1.99. The molecule has 0 unspecified atom stereocenters. The second-order valence-electron chi connectivity index (χ2n) is 4.13. The van der Waals surface area contributed by atoms with Crippen LogP contribution in [0.1, 0.15) is 18.2 Å². The highest BCUT2D eigenvalue weighted by atomic mass is 19.1. The maximum Gasteiger partial charge on any atom is 0.109 e. The third kappa shape index (κ3) is 2.88. The van der Waals surface area contributed by atoms with Crippen molar-refractivity contribution in [2.24, 2.45) is 0 Å². The quantitative estimate of drug-likeness (QED) is 0.854. The third-order valence-electron chi connectivity index (χ3n) is 2.80. The minimum atomic E-state index is -0.399. The van der Waals surface area contributed by atoms with Gasteiger partial charge in [-0.1, -0.05) is 0 Å². The molecule has 0 bridgehead atoms. The van der Waals surface area contributed by atoms with E-state index in [2.05, 4.69) is 22.4 Å². The van der Waals surface area contributed by atoms with Gasteiger partial charge in [0.15, 0.2) is 0 Å². The van der Waals surface area contributed by atoms with Gasteiger partial charge >= 0.3 is 0 Å². The van der Waals surface area contributed by atoms with Gasteiger partial charge in [-0.3, -0.25) is 9.36 Å². The fourth-order valence-electron chi connectivity index (χ4n) is 1.76. The van der Waals surface area contributed by atoms with Gasteiger partial charge in [-0.25, -0.2) is 4.39 Å². The molecule has 2 heterocycles. The number of nitrogens with one attached hydrogen (secondary N) is 1. The molecule has 0 amide bonds. The van der Waals surface area contributed by atoms with Gasteiger partial charge in [0.05, 0.1) is 24.1 Å². The van der Waals surface area contributed by atoms with Crippen molar-refractivity contribution in [2.75, 3.05) is 12.0 Å². The summed E-state index contributed by atoms with van der Waals surface area (Å²) in [4.78, 5) is 0. The van der Waals surface area contributed by atoms with Gasteiger partial charge in [0.25, 0.3) is 0 Å². The van der Waals surface area contributed by atoms with Crippen molar-refractivity contribution in [3.8, 4) is 0 Å². The highest BCUT2D eigenvalue weighted by Crippen LogP contribution is 2.10. The third-order valence-corrected chi connectivity index (χ3v) is 2.80. The molecule has 18 heavy (non-hydrogen) atoms. The Kier molecular flexibility index (Phi) is 3.96. The van der Waals surface area contributed by atoms with Crippen molar-refractivity contribution >= 4 is 5.69 Å². The number of rotatable bonds is 6. The van der Waals surface area contributed by atoms with Crippen LogP contribution >= 0.6 is 0 Å². The Balaban J connectivity index is 1.95. The van der Waals surface area contributed by atoms with E-state index in [1.54, 1.807) is 17.1 Å². The zero-order chi connectivity index (χ0) is 13.0. The Bertz CT molecular complexity index is 502. The first-order valence-corrected chi connectivity index (χ1v) is 6.08. The molecule has 2 aromatic rings. The lowest BCUT2D eigenvalue weighted by molar-refractivity contribution is 0.427. The van der Waals surface area contributed by atoms with E-state index in [4.69, 9.17) is 0 Å². The van der Waals surface area contributed by atoms with Crippen LogP contribution in [0, 0.1) is 6.92 Å². The standard InChI is InChI=1S/C12H18FN5/c1-3-17-8-11(10(2)16-17)6-14-12-7-15-18(9-12)5-4-13/h7-9,14H,3-6H2,1-2H3. The fraction of sp³-hybridized carbons (Fsp3) is 0.500. The zero-order valence-corrected chi connectivity index (χ0v) is 10.7. The summed E-state index contributed by atoms with van der Waals surface area (Å²) in [5.74, 6) is 0. The van der Waals surface area contributed by atoms with Crippen LogP contribution in [0.4, 0.5) is 10.1 Å². The van der Waals surface area contributed by atoms with Crippen LogP contribution in [-0.2, 0) is 19.6 Å². The van der Waals surface area contributed by atoms with Crippen molar-refractivity contribution < 1.29 is 4.39 Å². The molecule has 0 aliphatic carbocycles. The summed E-state index contributed by atoms with van der Waals surface area (Å²) in [7, 11) is 0. The van der Waals surface area contributed by atoms with Crippen LogP contribution in [0.25, 0.3) is 0 Å². The second-order valence-corrected chi connectivity index (χ2v) is 4.13. The lowest BCUT2D eigenvalue weighted by atomic mass is 10.2. The minimum Gasteiger partial charge on any atom is -0.378 e. The van der Waals surface area contributed by atoms with Crippen molar-refractivity contribution in [1.82, 2.24) is 19.6 Å². The normalized spacial score (nSPS) is 10.8. The fourth-order valence-corrected chi connectivity index (χ4v) is 1.76. The van der Waals surface area contributed by atoms with Gasteiger partial charge < -0.3 is 5.32 Å². The number of hydrogen-bond acceptors (Lipinski definition) is 3. The Labute approximate surface area is 106 Å². The number of hydrogen-bond donors (Lipinski definition) is 1. The topological polar surface area (TPSA) is 47.7 Å². The molecule has 2 rings (SSSR count). The molecule has 2 aromatic heterocycles. The molecule has 0 spiro atoms. The Morgan fingerprint density at radius 1 is 1.33 bits per heavy atom. The maximum absolute atomic E-state index is 12.1. The summed E-state index contributed by atoms with van der Waals surface area (Å²) >= 11 is 0. The summed E-state index contributed by atoms with van der Waals surface area (Å²) < 4.78 is 15.6. The van der Waals surface area contributed by atoms with E-state index >= 15 is 0 Å². The van der Waals surface area contributed by atoms with E-state index in [0.717, 1.165) is 23.5 Å².